The zero-order valence-corrected chi connectivity index (χ0v) is 16.4. The lowest BCUT2D eigenvalue weighted by molar-refractivity contribution is -0.0365. The number of halogens is 1. The minimum atomic E-state index is -1.90. The summed E-state index contributed by atoms with van der Waals surface area (Å²) in [6.07, 6.45) is 0.884. The molecule has 1 atom stereocenters. The summed E-state index contributed by atoms with van der Waals surface area (Å²) in [6, 6.07) is 22.9. The number of nitriles is 1. The fourth-order valence-corrected chi connectivity index (χ4v) is 4.36. The first kappa shape index (κ1) is 18.5. The molecule has 144 valence electrons. The second kappa shape index (κ2) is 6.77. The number of carbonyl (C=O) groups is 2. The molecule has 3 aromatic rings. The van der Waals surface area contributed by atoms with Crippen LogP contribution in [-0.4, -0.2) is 11.6 Å². The van der Waals surface area contributed by atoms with E-state index in [4.69, 9.17) is 16.3 Å². The summed E-state index contributed by atoms with van der Waals surface area (Å²) in [5.41, 5.74) is 0.534. The number of ether oxygens (including phenoxy) is 1. The first-order valence-corrected chi connectivity index (χ1v) is 9.78. The number of Topliss-reactive ketones (excluding diaryl/α,β-unsaturated/α-hetero) is 2. The van der Waals surface area contributed by atoms with Crippen LogP contribution < -0.4 is 0 Å². The van der Waals surface area contributed by atoms with Crippen molar-refractivity contribution in [2.45, 2.75) is 11.7 Å². The topological polar surface area (TPSA) is 67.2 Å². The Kier molecular flexibility index (Phi) is 4.18. The summed E-state index contributed by atoms with van der Waals surface area (Å²) in [5, 5.41) is 10.2. The quantitative estimate of drug-likeness (QED) is 0.510. The summed E-state index contributed by atoms with van der Waals surface area (Å²) in [7, 11) is 0. The first-order valence-electron chi connectivity index (χ1n) is 9.40. The maximum absolute atomic E-state index is 13.7. The molecule has 1 aliphatic heterocycles. The lowest BCUT2D eigenvalue weighted by atomic mass is 9.84. The number of rotatable bonds is 1. The smallest absolute Gasteiger partial charge is 0.220 e. The Morgan fingerprint density at radius 2 is 1.50 bits per heavy atom. The van der Waals surface area contributed by atoms with Crippen molar-refractivity contribution < 1.29 is 14.3 Å². The van der Waals surface area contributed by atoms with Gasteiger partial charge in [-0.15, -0.1) is 0 Å². The molecule has 5 rings (SSSR count). The van der Waals surface area contributed by atoms with Gasteiger partial charge in [-0.2, -0.15) is 5.26 Å². The SMILES string of the molecule is N#CC1=C[C@@H](c2ccccc2)OC2(C(=O)c3ccccc3C2=O)c2cc(Cl)ccc21. The van der Waals surface area contributed by atoms with Crippen LogP contribution in [0.1, 0.15) is 43.5 Å². The standard InChI is InChI=1S/C25H14ClNO3/c26-17-10-11-18-16(14-27)12-22(15-6-2-1-3-7-15)30-25(21(18)13-17)23(28)19-8-4-5-9-20(19)24(25)29/h1-13,22H/t22-/m0/s1. The van der Waals surface area contributed by atoms with Crippen molar-refractivity contribution in [2.24, 2.45) is 0 Å². The minimum Gasteiger partial charge on any atom is -0.342 e. The molecule has 30 heavy (non-hydrogen) atoms. The Hall–Kier alpha value is -3.52. The number of ketones is 2. The third-order valence-corrected chi connectivity index (χ3v) is 5.81. The van der Waals surface area contributed by atoms with Gasteiger partial charge in [0.25, 0.3) is 0 Å². The molecule has 0 amide bonds. The maximum atomic E-state index is 13.7. The molecule has 0 saturated heterocycles. The highest BCUT2D eigenvalue weighted by atomic mass is 35.5. The highest BCUT2D eigenvalue weighted by Gasteiger charge is 2.58. The molecule has 0 N–H and O–H groups in total. The molecule has 0 saturated carbocycles. The Labute approximate surface area is 178 Å². The van der Waals surface area contributed by atoms with Gasteiger partial charge in [0, 0.05) is 21.7 Å². The van der Waals surface area contributed by atoms with E-state index >= 15 is 0 Å². The molecule has 0 fully saturated rings. The monoisotopic (exact) mass is 411 g/mol. The van der Waals surface area contributed by atoms with E-state index in [9.17, 15) is 14.9 Å². The zero-order valence-electron chi connectivity index (χ0n) is 15.6. The highest BCUT2D eigenvalue weighted by molar-refractivity contribution is 6.33. The molecule has 0 aromatic heterocycles. The Morgan fingerprint density at radius 1 is 0.867 bits per heavy atom. The molecule has 1 aliphatic carbocycles. The minimum absolute atomic E-state index is 0.299. The second-order valence-corrected chi connectivity index (χ2v) is 7.65. The van der Waals surface area contributed by atoms with Crippen LogP contribution in [0.2, 0.25) is 5.02 Å². The van der Waals surface area contributed by atoms with E-state index < -0.39 is 23.3 Å². The van der Waals surface area contributed by atoms with Gasteiger partial charge in [-0.25, -0.2) is 0 Å². The van der Waals surface area contributed by atoms with Crippen LogP contribution in [0.5, 0.6) is 0 Å². The van der Waals surface area contributed by atoms with Gasteiger partial charge in [-0.1, -0.05) is 72.3 Å². The molecule has 0 radical (unpaired) electrons. The van der Waals surface area contributed by atoms with E-state index in [2.05, 4.69) is 6.07 Å². The molecule has 0 unspecified atom stereocenters. The lowest BCUT2D eigenvalue weighted by Crippen LogP contribution is -2.42. The number of hydrogen-bond acceptors (Lipinski definition) is 4. The van der Waals surface area contributed by atoms with Crippen molar-refractivity contribution in [1.82, 2.24) is 0 Å². The van der Waals surface area contributed by atoms with Crippen molar-refractivity contribution in [2.75, 3.05) is 0 Å². The van der Waals surface area contributed by atoms with E-state index in [1.165, 1.54) is 0 Å². The molecular weight excluding hydrogens is 398 g/mol. The van der Waals surface area contributed by atoms with Gasteiger partial charge < -0.3 is 4.74 Å². The Morgan fingerprint density at radius 3 is 2.13 bits per heavy atom. The van der Waals surface area contributed by atoms with Gasteiger partial charge in [0.1, 0.15) is 6.10 Å². The molecule has 1 spiro atoms. The van der Waals surface area contributed by atoms with E-state index in [1.807, 2.05) is 30.3 Å². The highest BCUT2D eigenvalue weighted by Crippen LogP contribution is 2.49. The van der Waals surface area contributed by atoms with E-state index in [0.717, 1.165) is 5.56 Å². The summed E-state index contributed by atoms with van der Waals surface area (Å²) in [5.74, 6) is -0.889. The van der Waals surface area contributed by atoms with Gasteiger partial charge in [-0.05, 0) is 29.3 Å². The van der Waals surface area contributed by atoms with Crippen molar-refractivity contribution in [3.05, 3.63) is 112 Å². The van der Waals surface area contributed by atoms with Gasteiger partial charge in [0.2, 0.25) is 17.2 Å². The van der Waals surface area contributed by atoms with Crippen molar-refractivity contribution >= 4 is 28.7 Å². The number of fused-ring (bicyclic) bond motifs is 3. The normalized spacial score (nSPS) is 18.9. The number of carbonyl (C=O) groups excluding carboxylic acids is 2. The van der Waals surface area contributed by atoms with Crippen LogP contribution in [-0.2, 0) is 10.3 Å². The van der Waals surface area contributed by atoms with Gasteiger partial charge >= 0.3 is 0 Å². The van der Waals surface area contributed by atoms with Crippen molar-refractivity contribution in [3.63, 3.8) is 0 Å². The average Bonchev–Trinajstić information content (AvgIpc) is 2.91. The maximum Gasteiger partial charge on any atom is 0.220 e. The Bertz CT molecular complexity index is 1250. The third kappa shape index (κ3) is 2.50. The average molecular weight is 412 g/mol. The lowest BCUT2D eigenvalue weighted by Gasteiger charge is -2.30. The number of nitrogens with zero attached hydrogens (tertiary/aromatic N) is 1. The van der Waals surface area contributed by atoms with Gasteiger partial charge in [0.15, 0.2) is 0 Å². The molecule has 1 heterocycles. The first-order chi connectivity index (χ1) is 14.6. The molecule has 4 nitrogen and oxygen atoms in total. The molecule has 3 aromatic carbocycles. The molecular formula is C25H14ClNO3. The second-order valence-electron chi connectivity index (χ2n) is 7.22. The largest absolute Gasteiger partial charge is 0.342 e. The zero-order chi connectivity index (χ0) is 20.9. The van der Waals surface area contributed by atoms with E-state index in [-0.39, 0.29) is 0 Å². The van der Waals surface area contributed by atoms with E-state index in [1.54, 1.807) is 48.5 Å². The molecule has 5 heteroatoms. The predicted octanol–water partition coefficient (Wildman–Crippen LogP) is 5.29. The predicted molar refractivity (Wildman–Crippen MR) is 112 cm³/mol. The van der Waals surface area contributed by atoms with Crippen LogP contribution in [0.3, 0.4) is 0 Å². The fraction of sp³-hybridized carbons (Fsp3) is 0.0800. The van der Waals surface area contributed by atoms with Crippen LogP contribution in [0.4, 0.5) is 0 Å². The molecule has 2 aliphatic rings. The third-order valence-electron chi connectivity index (χ3n) is 5.58. The van der Waals surface area contributed by atoms with Crippen LogP contribution in [0, 0.1) is 11.3 Å². The summed E-state index contributed by atoms with van der Waals surface area (Å²) in [6.45, 7) is 0. The number of benzene rings is 3. The van der Waals surface area contributed by atoms with Gasteiger partial charge in [0.05, 0.1) is 11.6 Å². The van der Waals surface area contributed by atoms with E-state index in [0.29, 0.717) is 32.8 Å². The van der Waals surface area contributed by atoms with Crippen molar-refractivity contribution in [1.29, 1.82) is 5.26 Å². The summed E-state index contributed by atoms with van der Waals surface area (Å²) in [4.78, 5) is 27.4. The van der Waals surface area contributed by atoms with Crippen LogP contribution >= 0.6 is 11.6 Å². The number of allylic oxidation sites excluding steroid dienone is 1. The number of hydrogen-bond donors (Lipinski definition) is 0. The fourth-order valence-electron chi connectivity index (χ4n) is 4.19. The Balaban J connectivity index is 1.83. The van der Waals surface area contributed by atoms with Crippen LogP contribution in [0.25, 0.3) is 5.57 Å². The molecule has 0 bridgehead atoms. The summed E-state index contributed by atoms with van der Waals surface area (Å²) < 4.78 is 6.38. The van der Waals surface area contributed by atoms with Crippen molar-refractivity contribution in [3.8, 4) is 6.07 Å². The van der Waals surface area contributed by atoms with Crippen LogP contribution in [0.15, 0.2) is 78.9 Å². The van der Waals surface area contributed by atoms with Gasteiger partial charge in [-0.3, -0.25) is 9.59 Å². The summed E-state index contributed by atoms with van der Waals surface area (Å²) >= 11 is 6.26.